The number of benzene rings is 3. The number of amides is 1. The second-order valence-electron chi connectivity index (χ2n) is 9.37. The summed E-state index contributed by atoms with van der Waals surface area (Å²) in [6, 6.07) is 25.5. The van der Waals surface area contributed by atoms with Gasteiger partial charge in [0.15, 0.2) is 0 Å². The van der Waals surface area contributed by atoms with Gasteiger partial charge in [0.1, 0.15) is 5.60 Å². The number of hydrogen-bond acceptors (Lipinski definition) is 3. The van der Waals surface area contributed by atoms with Crippen molar-refractivity contribution >= 4 is 17.6 Å². The van der Waals surface area contributed by atoms with E-state index in [9.17, 15) is 9.59 Å². The standard InChI is InChI=1S/C28H29NO3/c1-19-14-16-21(17-15-19)24(27(31)32-28(2,3)4)25-22-12-8-9-13-23(22)29(26(25)30)18-20-10-6-5-7-11-20/h5-17,24-25H,18H2,1-4H3. The molecule has 2 unspecified atom stereocenters. The first-order valence-electron chi connectivity index (χ1n) is 11.0. The first-order chi connectivity index (χ1) is 15.2. The fraction of sp³-hybridized carbons (Fsp3) is 0.286. The highest BCUT2D eigenvalue weighted by Crippen LogP contribution is 2.46. The SMILES string of the molecule is Cc1ccc(C(C(=O)OC(C)(C)C)C2C(=O)N(Cc3ccccc3)c3ccccc32)cc1. The van der Waals surface area contributed by atoms with E-state index < -0.39 is 17.4 Å². The second-order valence-corrected chi connectivity index (χ2v) is 9.37. The van der Waals surface area contributed by atoms with Crippen molar-refractivity contribution < 1.29 is 14.3 Å². The molecule has 0 aromatic heterocycles. The number of ether oxygens (including phenoxy) is 1. The molecule has 1 aliphatic rings. The average Bonchev–Trinajstić information content (AvgIpc) is 3.01. The molecule has 0 bridgehead atoms. The van der Waals surface area contributed by atoms with Gasteiger partial charge in [-0.2, -0.15) is 0 Å². The zero-order valence-corrected chi connectivity index (χ0v) is 19.0. The smallest absolute Gasteiger partial charge is 0.315 e. The van der Waals surface area contributed by atoms with Gasteiger partial charge in [0.2, 0.25) is 5.91 Å². The Bertz CT molecular complexity index is 1110. The van der Waals surface area contributed by atoms with Crippen LogP contribution >= 0.6 is 0 Å². The molecular weight excluding hydrogens is 398 g/mol. The van der Waals surface area contributed by atoms with Crippen molar-refractivity contribution in [1.29, 1.82) is 0 Å². The summed E-state index contributed by atoms with van der Waals surface area (Å²) in [6.45, 7) is 8.02. The fourth-order valence-electron chi connectivity index (χ4n) is 4.27. The van der Waals surface area contributed by atoms with Crippen molar-refractivity contribution in [1.82, 2.24) is 0 Å². The van der Waals surface area contributed by atoms with Crippen molar-refractivity contribution in [3.63, 3.8) is 0 Å². The third-order valence-corrected chi connectivity index (χ3v) is 5.71. The van der Waals surface area contributed by atoms with Gasteiger partial charge in [-0.1, -0.05) is 78.4 Å². The van der Waals surface area contributed by atoms with Gasteiger partial charge in [-0.05, 0) is 50.5 Å². The number of anilines is 1. The van der Waals surface area contributed by atoms with Gasteiger partial charge in [0.05, 0.1) is 18.4 Å². The molecule has 4 rings (SSSR count). The molecule has 0 spiro atoms. The molecule has 3 aromatic carbocycles. The van der Waals surface area contributed by atoms with Crippen LogP contribution in [0.1, 0.15) is 54.9 Å². The van der Waals surface area contributed by atoms with Crippen LogP contribution in [0.25, 0.3) is 0 Å². The van der Waals surface area contributed by atoms with E-state index in [-0.39, 0.29) is 11.9 Å². The molecule has 0 N–H and O–H groups in total. The highest BCUT2D eigenvalue weighted by atomic mass is 16.6. The van der Waals surface area contributed by atoms with Crippen LogP contribution < -0.4 is 4.90 Å². The Morgan fingerprint density at radius 3 is 2.22 bits per heavy atom. The average molecular weight is 428 g/mol. The highest BCUT2D eigenvalue weighted by Gasteiger charge is 2.46. The Balaban J connectivity index is 1.78. The van der Waals surface area contributed by atoms with E-state index in [0.29, 0.717) is 6.54 Å². The van der Waals surface area contributed by atoms with Gasteiger partial charge < -0.3 is 9.64 Å². The topological polar surface area (TPSA) is 46.6 Å². The fourth-order valence-corrected chi connectivity index (χ4v) is 4.27. The second kappa shape index (κ2) is 8.62. The monoisotopic (exact) mass is 427 g/mol. The molecule has 0 fully saturated rings. The quantitative estimate of drug-likeness (QED) is 0.487. The van der Waals surface area contributed by atoms with Crippen molar-refractivity contribution in [2.24, 2.45) is 0 Å². The van der Waals surface area contributed by atoms with Gasteiger partial charge in [-0.25, -0.2) is 0 Å². The molecule has 0 saturated heterocycles. The first kappa shape index (κ1) is 21.8. The molecule has 2 atom stereocenters. The predicted molar refractivity (Wildman–Crippen MR) is 127 cm³/mol. The number of carbonyl (C=O) groups is 2. The third kappa shape index (κ3) is 4.45. The molecule has 3 aromatic rings. The summed E-state index contributed by atoms with van der Waals surface area (Å²) in [7, 11) is 0. The zero-order chi connectivity index (χ0) is 22.9. The molecule has 32 heavy (non-hydrogen) atoms. The maximum absolute atomic E-state index is 13.8. The van der Waals surface area contributed by atoms with E-state index in [0.717, 1.165) is 27.9 Å². The molecule has 164 valence electrons. The minimum Gasteiger partial charge on any atom is -0.459 e. The number of nitrogens with zero attached hydrogens (tertiary/aromatic N) is 1. The van der Waals surface area contributed by atoms with Gasteiger partial charge >= 0.3 is 5.97 Å². The van der Waals surface area contributed by atoms with Crippen LogP contribution in [0.2, 0.25) is 0 Å². The maximum atomic E-state index is 13.8. The van der Waals surface area contributed by atoms with Crippen LogP contribution in [0, 0.1) is 6.92 Å². The largest absolute Gasteiger partial charge is 0.459 e. The van der Waals surface area contributed by atoms with Gasteiger partial charge in [-0.15, -0.1) is 0 Å². The number of rotatable bonds is 5. The lowest BCUT2D eigenvalue weighted by atomic mass is 9.81. The lowest BCUT2D eigenvalue weighted by Gasteiger charge is -2.27. The van der Waals surface area contributed by atoms with Crippen LogP contribution in [0.5, 0.6) is 0 Å². The van der Waals surface area contributed by atoms with E-state index in [4.69, 9.17) is 4.74 Å². The summed E-state index contributed by atoms with van der Waals surface area (Å²) >= 11 is 0. The van der Waals surface area contributed by atoms with Crippen molar-refractivity contribution in [3.8, 4) is 0 Å². The molecule has 0 saturated carbocycles. The van der Waals surface area contributed by atoms with Crippen LogP contribution in [0.15, 0.2) is 78.9 Å². The number of esters is 1. The third-order valence-electron chi connectivity index (χ3n) is 5.71. The van der Waals surface area contributed by atoms with Gasteiger partial charge in [0.25, 0.3) is 0 Å². The maximum Gasteiger partial charge on any atom is 0.315 e. The summed E-state index contributed by atoms with van der Waals surface area (Å²) in [5.41, 5.74) is 4.00. The normalized spacial score (nSPS) is 16.6. The van der Waals surface area contributed by atoms with Crippen molar-refractivity contribution in [2.75, 3.05) is 4.90 Å². The Morgan fingerprint density at radius 2 is 1.56 bits per heavy atom. The predicted octanol–water partition coefficient (Wildman–Crippen LogP) is 5.75. The minimum atomic E-state index is -0.718. The highest BCUT2D eigenvalue weighted by molar-refractivity contribution is 6.08. The van der Waals surface area contributed by atoms with Gasteiger partial charge in [-0.3, -0.25) is 9.59 Å². The molecule has 1 aliphatic heterocycles. The zero-order valence-electron chi connectivity index (χ0n) is 19.0. The molecule has 0 radical (unpaired) electrons. The number of para-hydroxylation sites is 1. The summed E-state index contributed by atoms with van der Waals surface area (Å²) < 4.78 is 5.80. The van der Waals surface area contributed by atoms with Crippen molar-refractivity contribution in [2.45, 2.75) is 51.7 Å². The minimum absolute atomic E-state index is 0.0773. The molecule has 1 heterocycles. The molecule has 0 aliphatic carbocycles. The number of fused-ring (bicyclic) bond motifs is 1. The Kier molecular flexibility index (Phi) is 5.88. The van der Waals surface area contributed by atoms with Crippen molar-refractivity contribution in [3.05, 3.63) is 101 Å². The Labute approximate surface area is 189 Å². The van der Waals surface area contributed by atoms with Crippen LogP contribution in [0.3, 0.4) is 0 Å². The van der Waals surface area contributed by atoms with E-state index in [2.05, 4.69) is 0 Å². The van der Waals surface area contributed by atoms with Gasteiger partial charge in [0, 0.05) is 5.69 Å². The van der Waals surface area contributed by atoms with E-state index in [1.807, 2.05) is 107 Å². The number of carbonyl (C=O) groups excluding carboxylic acids is 2. The van der Waals surface area contributed by atoms with E-state index in [1.165, 1.54) is 0 Å². The Hall–Kier alpha value is -3.40. The van der Waals surface area contributed by atoms with Crippen LogP contribution in [-0.4, -0.2) is 17.5 Å². The molecule has 1 amide bonds. The van der Waals surface area contributed by atoms with E-state index >= 15 is 0 Å². The van der Waals surface area contributed by atoms with Crippen LogP contribution in [-0.2, 0) is 20.9 Å². The number of hydrogen-bond donors (Lipinski definition) is 0. The first-order valence-corrected chi connectivity index (χ1v) is 11.0. The Morgan fingerprint density at radius 1 is 0.938 bits per heavy atom. The lowest BCUT2D eigenvalue weighted by molar-refractivity contribution is -0.158. The summed E-state index contributed by atoms with van der Waals surface area (Å²) in [5, 5.41) is 0. The van der Waals surface area contributed by atoms with Crippen LogP contribution in [0.4, 0.5) is 5.69 Å². The molecule has 4 nitrogen and oxygen atoms in total. The molecule has 4 heteroatoms. The summed E-state index contributed by atoms with van der Waals surface area (Å²) in [6.07, 6.45) is 0. The number of aryl methyl sites for hydroxylation is 1. The van der Waals surface area contributed by atoms with E-state index in [1.54, 1.807) is 4.90 Å². The summed E-state index contributed by atoms with van der Waals surface area (Å²) in [4.78, 5) is 29.1. The lowest BCUT2D eigenvalue weighted by Crippen LogP contribution is -2.35. The summed E-state index contributed by atoms with van der Waals surface area (Å²) in [5.74, 6) is -1.81. The molecular formula is C28H29NO3.